The van der Waals surface area contributed by atoms with Crippen LogP contribution in [0.4, 0.5) is 0 Å². The Kier molecular flexibility index (Phi) is 4.82. The summed E-state index contributed by atoms with van der Waals surface area (Å²) >= 11 is 5.13. The van der Waals surface area contributed by atoms with Gasteiger partial charge in [0.2, 0.25) is 0 Å². The second kappa shape index (κ2) is 5.66. The lowest BCUT2D eigenvalue weighted by Crippen LogP contribution is -2.45. The van der Waals surface area contributed by atoms with Gasteiger partial charge in [-0.25, -0.2) is 0 Å². The van der Waals surface area contributed by atoms with Crippen LogP contribution in [0.25, 0.3) is 0 Å². The third-order valence-corrected chi connectivity index (χ3v) is 3.17. The Morgan fingerprint density at radius 1 is 1.50 bits per heavy atom. The molecule has 2 nitrogen and oxygen atoms in total. The van der Waals surface area contributed by atoms with Gasteiger partial charge in [0.05, 0.1) is 11.0 Å². The molecule has 0 aromatic heterocycles. The van der Waals surface area contributed by atoms with Crippen molar-refractivity contribution in [3.05, 3.63) is 0 Å². The van der Waals surface area contributed by atoms with E-state index in [1.54, 1.807) is 0 Å². The lowest BCUT2D eigenvalue weighted by molar-refractivity contribution is 0.224. The molecular weight excluding hydrogens is 192 g/mol. The molecule has 82 valence electrons. The fraction of sp³-hybridized carbons (Fsp3) is 0.909. The third kappa shape index (κ3) is 3.21. The van der Waals surface area contributed by atoms with Gasteiger partial charge in [-0.05, 0) is 32.2 Å². The minimum atomic E-state index is 0.337. The van der Waals surface area contributed by atoms with Crippen molar-refractivity contribution in [1.29, 1.82) is 0 Å². The van der Waals surface area contributed by atoms with Gasteiger partial charge < -0.3 is 5.73 Å². The summed E-state index contributed by atoms with van der Waals surface area (Å²) in [5.41, 5.74) is 5.78. The van der Waals surface area contributed by atoms with Gasteiger partial charge in [0.15, 0.2) is 0 Å². The minimum absolute atomic E-state index is 0.337. The van der Waals surface area contributed by atoms with Crippen molar-refractivity contribution in [2.45, 2.75) is 58.0 Å². The minimum Gasteiger partial charge on any atom is -0.392 e. The molecule has 0 aliphatic heterocycles. The molecule has 1 rings (SSSR count). The van der Waals surface area contributed by atoms with Crippen molar-refractivity contribution < 1.29 is 0 Å². The SMILES string of the molecule is CCCCN(C1CC1)C(CC)C(N)=S. The summed E-state index contributed by atoms with van der Waals surface area (Å²) in [5.74, 6) is 0. The Balaban J connectivity index is 2.50. The number of rotatable bonds is 7. The van der Waals surface area contributed by atoms with Gasteiger partial charge in [0, 0.05) is 6.04 Å². The standard InChI is InChI=1S/C11H22N2S/c1-3-5-8-13(9-6-7-9)10(4-2)11(12)14/h9-10H,3-8H2,1-2H3,(H2,12,14). The molecule has 1 atom stereocenters. The summed E-state index contributed by atoms with van der Waals surface area (Å²) in [4.78, 5) is 3.20. The first kappa shape index (κ1) is 11.9. The van der Waals surface area contributed by atoms with Crippen LogP contribution in [0.5, 0.6) is 0 Å². The number of hydrogen-bond donors (Lipinski definition) is 1. The lowest BCUT2D eigenvalue weighted by Gasteiger charge is -2.30. The molecule has 1 fully saturated rings. The van der Waals surface area contributed by atoms with E-state index in [0.717, 1.165) is 19.0 Å². The summed E-state index contributed by atoms with van der Waals surface area (Å²) in [6, 6.07) is 1.11. The first-order valence-electron chi connectivity index (χ1n) is 5.75. The Labute approximate surface area is 92.8 Å². The highest BCUT2D eigenvalue weighted by Crippen LogP contribution is 2.29. The number of nitrogens with two attached hydrogens (primary N) is 1. The Morgan fingerprint density at radius 2 is 2.14 bits per heavy atom. The van der Waals surface area contributed by atoms with Gasteiger partial charge in [0.1, 0.15) is 0 Å². The molecule has 1 unspecified atom stereocenters. The van der Waals surface area contributed by atoms with E-state index in [1.165, 1.54) is 25.7 Å². The van der Waals surface area contributed by atoms with E-state index in [1.807, 2.05) is 0 Å². The molecule has 0 bridgehead atoms. The highest BCUT2D eigenvalue weighted by Gasteiger charge is 2.33. The maximum atomic E-state index is 5.78. The molecule has 0 heterocycles. The molecule has 0 radical (unpaired) electrons. The van der Waals surface area contributed by atoms with Gasteiger partial charge in [0.25, 0.3) is 0 Å². The monoisotopic (exact) mass is 214 g/mol. The van der Waals surface area contributed by atoms with E-state index in [9.17, 15) is 0 Å². The van der Waals surface area contributed by atoms with E-state index in [2.05, 4.69) is 18.7 Å². The lowest BCUT2D eigenvalue weighted by atomic mass is 10.1. The molecular formula is C11H22N2S. The number of unbranched alkanes of at least 4 members (excludes halogenated alkanes) is 1. The molecule has 0 aromatic carbocycles. The Morgan fingerprint density at radius 3 is 2.50 bits per heavy atom. The van der Waals surface area contributed by atoms with E-state index in [0.29, 0.717) is 11.0 Å². The number of nitrogens with zero attached hydrogens (tertiary/aromatic N) is 1. The molecule has 0 saturated heterocycles. The van der Waals surface area contributed by atoms with Crippen molar-refractivity contribution in [3.63, 3.8) is 0 Å². The van der Waals surface area contributed by atoms with Crippen LogP contribution >= 0.6 is 12.2 Å². The Bertz CT molecular complexity index is 190. The molecule has 3 heteroatoms. The quantitative estimate of drug-likeness (QED) is 0.660. The van der Waals surface area contributed by atoms with Crippen molar-refractivity contribution >= 4 is 17.2 Å². The third-order valence-electron chi connectivity index (χ3n) is 2.90. The molecule has 1 aliphatic rings. The molecule has 0 spiro atoms. The predicted octanol–water partition coefficient (Wildman–Crippen LogP) is 2.32. The summed E-state index contributed by atoms with van der Waals surface area (Å²) in [5, 5.41) is 0. The topological polar surface area (TPSA) is 29.3 Å². The zero-order chi connectivity index (χ0) is 10.6. The van der Waals surface area contributed by atoms with Crippen LogP contribution in [0, 0.1) is 0 Å². The van der Waals surface area contributed by atoms with Gasteiger partial charge in [-0.2, -0.15) is 0 Å². The molecule has 0 aromatic rings. The van der Waals surface area contributed by atoms with Crippen molar-refractivity contribution in [2.24, 2.45) is 5.73 Å². The normalized spacial score (nSPS) is 18.5. The van der Waals surface area contributed by atoms with Crippen molar-refractivity contribution in [1.82, 2.24) is 4.90 Å². The van der Waals surface area contributed by atoms with E-state index in [-0.39, 0.29) is 0 Å². The van der Waals surface area contributed by atoms with E-state index in [4.69, 9.17) is 18.0 Å². The zero-order valence-corrected chi connectivity index (χ0v) is 10.1. The van der Waals surface area contributed by atoms with Crippen LogP contribution in [-0.4, -0.2) is 28.5 Å². The first-order valence-corrected chi connectivity index (χ1v) is 6.16. The fourth-order valence-corrected chi connectivity index (χ4v) is 2.24. The molecule has 1 saturated carbocycles. The summed E-state index contributed by atoms with van der Waals surface area (Å²) in [6.45, 7) is 5.56. The second-order valence-electron chi connectivity index (χ2n) is 4.15. The van der Waals surface area contributed by atoms with Crippen molar-refractivity contribution in [3.8, 4) is 0 Å². The maximum Gasteiger partial charge on any atom is 0.0902 e. The molecule has 1 aliphatic carbocycles. The molecule has 14 heavy (non-hydrogen) atoms. The average molecular weight is 214 g/mol. The number of thiocarbonyl (C=S) groups is 1. The predicted molar refractivity (Wildman–Crippen MR) is 65.5 cm³/mol. The van der Waals surface area contributed by atoms with Gasteiger partial charge in [-0.1, -0.05) is 32.5 Å². The van der Waals surface area contributed by atoms with Gasteiger partial charge in [-0.15, -0.1) is 0 Å². The van der Waals surface area contributed by atoms with Crippen LogP contribution in [0.2, 0.25) is 0 Å². The van der Waals surface area contributed by atoms with Crippen LogP contribution in [0.1, 0.15) is 46.0 Å². The van der Waals surface area contributed by atoms with Crippen LogP contribution < -0.4 is 5.73 Å². The Hall–Kier alpha value is -0.150. The fourth-order valence-electron chi connectivity index (χ4n) is 1.94. The highest BCUT2D eigenvalue weighted by atomic mass is 32.1. The number of hydrogen-bond acceptors (Lipinski definition) is 2. The largest absolute Gasteiger partial charge is 0.392 e. The van der Waals surface area contributed by atoms with E-state index >= 15 is 0 Å². The summed E-state index contributed by atoms with van der Waals surface area (Å²) < 4.78 is 0. The average Bonchev–Trinajstić information content (AvgIpc) is 2.94. The molecule has 0 amide bonds. The van der Waals surface area contributed by atoms with E-state index < -0.39 is 0 Å². The summed E-state index contributed by atoms with van der Waals surface area (Å²) in [6.07, 6.45) is 6.23. The van der Waals surface area contributed by atoms with Crippen LogP contribution in [0.15, 0.2) is 0 Å². The van der Waals surface area contributed by atoms with Crippen LogP contribution in [0.3, 0.4) is 0 Å². The maximum absolute atomic E-state index is 5.78. The van der Waals surface area contributed by atoms with Crippen molar-refractivity contribution in [2.75, 3.05) is 6.54 Å². The second-order valence-corrected chi connectivity index (χ2v) is 4.62. The highest BCUT2D eigenvalue weighted by molar-refractivity contribution is 7.80. The molecule has 2 N–H and O–H groups in total. The summed E-state index contributed by atoms with van der Waals surface area (Å²) in [7, 11) is 0. The first-order chi connectivity index (χ1) is 6.70. The zero-order valence-electron chi connectivity index (χ0n) is 9.33. The smallest absolute Gasteiger partial charge is 0.0902 e. The van der Waals surface area contributed by atoms with Crippen LogP contribution in [-0.2, 0) is 0 Å². The van der Waals surface area contributed by atoms with Gasteiger partial charge >= 0.3 is 0 Å². The van der Waals surface area contributed by atoms with Gasteiger partial charge in [-0.3, -0.25) is 4.90 Å².